The number of nitrogens with zero attached hydrogens (tertiary/aromatic N) is 4. The van der Waals surface area contributed by atoms with Crippen LogP contribution in [0.5, 0.6) is 0 Å². The van der Waals surface area contributed by atoms with E-state index in [1.807, 2.05) is 18.2 Å². The van der Waals surface area contributed by atoms with Crippen LogP contribution in [0.1, 0.15) is 11.4 Å². The first-order valence-corrected chi connectivity index (χ1v) is 7.06. The minimum atomic E-state index is 0.406. The zero-order chi connectivity index (χ0) is 13.4. The molecular weight excluding hydrogens is 326 g/mol. The van der Waals surface area contributed by atoms with E-state index >= 15 is 0 Å². The van der Waals surface area contributed by atoms with Gasteiger partial charge in [0.2, 0.25) is 0 Å². The summed E-state index contributed by atoms with van der Waals surface area (Å²) in [5, 5.41) is 8.05. The second kappa shape index (κ2) is 4.90. The van der Waals surface area contributed by atoms with Gasteiger partial charge in [-0.2, -0.15) is 0 Å². The number of halogens is 1. The highest BCUT2D eigenvalue weighted by atomic mass is 79.9. The van der Waals surface area contributed by atoms with Crippen molar-refractivity contribution in [1.82, 2.24) is 14.8 Å². The van der Waals surface area contributed by atoms with Gasteiger partial charge < -0.3 is 15.2 Å². The van der Waals surface area contributed by atoms with Crippen LogP contribution in [0.3, 0.4) is 0 Å². The van der Waals surface area contributed by atoms with Crippen molar-refractivity contribution >= 4 is 38.8 Å². The third kappa shape index (κ3) is 2.35. The molecule has 0 amide bonds. The molecule has 1 aliphatic rings. The number of thiocarbonyl (C=S) groups is 1. The Morgan fingerprint density at radius 3 is 3.00 bits per heavy atom. The van der Waals surface area contributed by atoms with Gasteiger partial charge in [-0.1, -0.05) is 28.1 Å². The van der Waals surface area contributed by atoms with Crippen LogP contribution >= 0.6 is 28.1 Å². The highest BCUT2D eigenvalue weighted by Gasteiger charge is 2.20. The molecule has 0 saturated carbocycles. The smallest absolute Gasteiger partial charge is 0.152 e. The van der Waals surface area contributed by atoms with Crippen LogP contribution in [0.4, 0.5) is 5.69 Å². The van der Waals surface area contributed by atoms with Crippen molar-refractivity contribution in [3.8, 4) is 0 Å². The summed E-state index contributed by atoms with van der Waals surface area (Å²) in [6.07, 6.45) is 1.77. The maximum atomic E-state index is 5.82. The van der Waals surface area contributed by atoms with E-state index in [0.29, 0.717) is 4.99 Å². The lowest BCUT2D eigenvalue weighted by Crippen LogP contribution is -2.34. The topological polar surface area (TPSA) is 60.0 Å². The van der Waals surface area contributed by atoms with Gasteiger partial charge in [0.1, 0.15) is 11.3 Å². The van der Waals surface area contributed by atoms with Crippen LogP contribution < -0.4 is 10.6 Å². The molecule has 0 saturated heterocycles. The SMILES string of the molecule is NC(=S)c1cc(Br)ccc1N1CCn2cnnc2C1. The molecule has 3 rings (SSSR count). The van der Waals surface area contributed by atoms with Gasteiger partial charge in [0.05, 0.1) is 6.54 Å². The Morgan fingerprint density at radius 2 is 2.21 bits per heavy atom. The van der Waals surface area contributed by atoms with Gasteiger partial charge in [-0.05, 0) is 18.2 Å². The molecule has 0 spiro atoms. The Hall–Kier alpha value is -1.47. The van der Waals surface area contributed by atoms with Gasteiger partial charge in [-0.3, -0.25) is 0 Å². The van der Waals surface area contributed by atoms with Gasteiger partial charge in [-0.25, -0.2) is 0 Å². The quantitative estimate of drug-likeness (QED) is 0.845. The lowest BCUT2D eigenvalue weighted by molar-refractivity contribution is 0.560. The van der Waals surface area contributed by atoms with Crippen LogP contribution in [0.25, 0.3) is 0 Å². The Bertz CT molecular complexity index is 639. The minimum Gasteiger partial charge on any atom is -0.389 e. The van der Waals surface area contributed by atoms with Crippen molar-refractivity contribution < 1.29 is 0 Å². The molecule has 0 radical (unpaired) electrons. The minimum absolute atomic E-state index is 0.406. The fourth-order valence-corrected chi connectivity index (χ4v) is 2.78. The van der Waals surface area contributed by atoms with Gasteiger partial charge in [0, 0.05) is 28.8 Å². The van der Waals surface area contributed by atoms with Crippen molar-refractivity contribution in [3.63, 3.8) is 0 Å². The first-order valence-electron chi connectivity index (χ1n) is 5.86. The molecule has 19 heavy (non-hydrogen) atoms. The fraction of sp³-hybridized carbons (Fsp3) is 0.250. The first-order chi connectivity index (χ1) is 9.15. The fourth-order valence-electron chi connectivity index (χ4n) is 2.25. The molecule has 2 aromatic rings. The first kappa shape index (κ1) is 12.6. The van der Waals surface area contributed by atoms with Gasteiger partial charge in [-0.15, -0.1) is 10.2 Å². The number of hydrogen-bond donors (Lipinski definition) is 1. The molecular formula is C12H12BrN5S. The monoisotopic (exact) mass is 337 g/mol. The Balaban J connectivity index is 1.98. The number of nitrogens with two attached hydrogens (primary N) is 1. The van der Waals surface area contributed by atoms with Crippen LogP contribution in [-0.4, -0.2) is 26.3 Å². The van der Waals surface area contributed by atoms with Crippen LogP contribution in [0.15, 0.2) is 29.0 Å². The van der Waals surface area contributed by atoms with E-state index in [1.165, 1.54) is 0 Å². The molecule has 2 heterocycles. The predicted molar refractivity (Wildman–Crippen MR) is 81.1 cm³/mol. The largest absolute Gasteiger partial charge is 0.389 e. The average Bonchev–Trinajstić information content (AvgIpc) is 2.85. The standard InChI is InChI=1S/C12H12BrN5S/c13-8-1-2-10(9(5-8)12(14)19)17-3-4-18-7-15-16-11(18)6-17/h1-2,5,7H,3-4,6H2,(H2,14,19). The molecule has 0 bridgehead atoms. The van der Waals surface area contributed by atoms with Crippen molar-refractivity contribution in [2.75, 3.05) is 11.4 Å². The lowest BCUT2D eigenvalue weighted by Gasteiger charge is -2.30. The molecule has 1 aliphatic heterocycles. The second-order valence-corrected chi connectivity index (χ2v) is 5.74. The Morgan fingerprint density at radius 1 is 1.37 bits per heavy atom. The molecule has 0 unspecified atom stereocenters. The third-order valence-corrected chi connectivity index (χ3v) is 3.92. The van der Waals surface area contributed by atoms with Crippen molar-refractivity contribution in [1.29, 1.82) is 0 Å². The Kier molecular flexibility index (Phi) is 3.24. The average molecular weight is 338 g/mol. The van der Waals surface area contributed by atoms with Gasteiger partial charge in [0.15, 0.2) is 5.82 Å². The molecule has 98 valence electrons. The van der Waals surface area contributed by atoms with E-state index in [2.05, 4.69) is 35.6 Å². The number of anilines is 1. The second-order valence-electron chi connectivity index (χ2n) is 4.39. The van der Waals surface area contributed by atoms with Gasteiger partial charge >= 0.3 is 0 Å². The molecule has 0 aliphatic carbocycles. The number of aromatic nitrogens is 3. The summed E-state index contributed by atoms with van der Waals surface area (Å²) in [6, 6.07) is 5.98. The summed E-state index contributed by atoms with van der Waals surface area (Å²) in [5.74, 6) is 0.961. The van der Waals surface area contributed by atoms with E-state index in [-0.39, 0.29) is 0 Å². The van der Waals surface area contributed by atoms with Crippen molar-refractivity contribution in [2.24, 2.45) is 5.73 Å². The molecule has 7 heteroatoms. The summed E-state index contributed by atoms with van der Waals surface area (Å²) in [7, 11) is 0. The van der Waals surface area contributed by atoms with Gasteiger partial charge in [0.25, 0.3) is 0 Å². The summed E-state index contributed by atoms with van der Waals surface area (Å²) in [4.78, 5) is 2.63. The van der Waals surface area contributed by atoms with E-state index in [1.54, 1.807) is 6.33 Å². The summed E-state index contributed by atoms with van der Waals surface area (Å²) in [6.45, 7) is 2.48. The Labute approximate surface area is 124 Å². The number of rotatable bonds is 2. The zero-order valence-corrected chi connectivity index (χ0v) is 12.5. The molecule has 0 atom stereocenters. The third-order valence-electron chi connectivity index (χ3n) is 3.20. The lowest BCUT2D eigenvalue weighted by atomic mass is 10.1. The van der Waals surface area contributed by atoms with Crippen LogP contribution in [0, 0.1) is 0 Å². The maximum Gasteiger partial charge on any atom is 0.152 e. The van der Waals surface area contributed by atoms with Crippen molar-refractivity contribution in [3.05, 3.63) is 40.4 Å². The number of benzene rings is 1. The van der Waals surface area contributed by atoms with Crippen LogP contribution in [-0.2, 0) is 13.1 Å². The molecule has 1 aromatic carbocycles. The highest BCUT2D eigenvalue weighted by Crippen LogP contribution is 2.27. The molecule has 0 fully saturated rings. The number of hydrogen-bond acceptors (Lipinski definition) is 4. The van der Waals surface area contributed by atoms with E-state index in [4.69, 9.17) is 18.0 Å². The predicted octanol–water partition coefficient (Wildman–Crippen LogP) is 1.70. The highest BCUT2D eigenvalue weighted by molar-refractivity contribution is 9.10. The summed E-state index contributed by atoms with van der Waals surface area (Å²) < 4.78 is 3.04. The van der Waals surface area contributed by atoms with Crippen molar-refractivity contribution in [2.45, 2.75) is 13.1 Å². The maximum absolute atomic E-state index is 5.82. The van der Waals surface area contributed by atoms with E-state index < -0.39 is 0 Å². The van der Waals surface area contributed by atoms with E-state index in [0.717, 1.165) is 41.2 Å². The van der Waals surface area contributed by atoms with E-state index in [9.17, 15) is 0 Å². The number of fused-ring (bicyclic) bond motifs is 1. The molecule has 2 N–H and O–H groups in total. The summed E-state index contributed by atoms with van der Waals surface area (Å²) >= 11 is 8.58. The normalized spacial score (nSPS) is 14.3. The summed E-state index contributed by atoms with van der Waals surface area (Å²) in [5.41, 5.74) is 7.75. The molecule has 1 aromatic heterocycles. The molecule has 5 nitrogen and oxygen atoms in total. The van der Waals surface area contributed by atoms with Crippen LogP contribution in [0.2, 0.25) is 0 Å². The zero-order valence-electron chi connectivity index (χ0n) is 10.1.